The van der Waals surface area contributed by atoms with Crippen LogP contribution < -0.4 is 0 Å². The molecule has 0 aliphatic heterocycles. The number of alkyl halides is 3. The van der Waals surface area contributed by atoms with Gasteiger partial charge in [0.25, 0.3) is 0 Å². The van der Waals surface area contributed by atoms with Crippen LogP contribution >= 0.6 is 35.0 Å². The Bertz CT molecular complexity index is 350. The molecule has 0 spiro atoms. The summed E-state index contributed by atoms with van der Waals surface area (Å²) in [7, 11) is 0. The third-order valence-corrected chi connectivity index (χ3v) is 2.99. The molecule has 0 heterocycles. The zero-order chi connectivity index (χ0) is 10.9. The van der Waals surface area contributed by atoms with E-state index in [0.717, 1.165) is 12.1 Å². The van der Waals surface area contributed by atoms with Crippen LogP contribution in [-0.2, 0) is 0 Å². The van der Waals surface area contributed by atoms with Gasteiger partial charge in [-0.2, -0.15) is 13.2 Å². The van der Waals surface area contributed by atoms with Gasteiger partial charge in [-0.25, -0.2) is 4.39 Å². The highest BCUT2D eigenvalue weighted by Gasteiger charge is 2.31. The van der Waals surface area contributed by atoms with Crippen molar-refractivity contribution in [2.75, 3.05) is 0 Å². The van der Waals surface area contributed by atoms with Gasteiger partial charge in [0.05, 0.1) is 10.0 Å². The maximum atomic E-state index is 12.7. The van der Waals surface area contributed by atoms with Gasteiger partial charge in [-0.15, -0.1) is 0 Å². The molecule has 1 aromatic rings. The fourth-order valence-electron chi connectivity index (χ4n) is 0.712. The molecule has 0 aliphatic rings. The fraction of sp³-hybridized carbons (Fsp3) is 0.143. The molecule has 78 valence electrons. The molecule has 1 rings (SSSR count). The highest BCUT2D eigenvalue weighted by Crippen LogP contribution is 2.42. The number of hydrogen-bond donors (Lipinski definition) is 0. The van der Waals surface area contributed by atoms with Crippen LogP contribution in [0.1, 0.15) is 0 Å². The molecule has 1 aromatic carbocycles. The van der Waals surface area contributed by atoms with E-state index in [1.54, 1.807) is 0 Å². The molecule has 0 saturated carbocycles. The van der Waals surface area contributed by atoms with Gasteiger partial charge in [0.15, 0.2) is 0 Å². The molecule has 0 amide bonds. The lowest BCUT2D eigenvalue weighted by atomic mass is 10.3. The number of benzene rings is 1. The summed E-state index contributed by atoms with van der Waals surface area (Å²) in [6.07, 6.45) is 0. The summed E-state index contributed by atoms with van der Waals surface area (Å²) in [5.41, 5.74) is -4.47. The van der Waals surface area contributed by atoms with Crippen molar-refractivity contribution in [3.63, 3.8) is 0 Å². The topological polar surface area (TPSA) is 0 Å². The van der Waals surface area contributed by atoms with Crippen LogP contribution in [0, 0.1) is 5.82 Å². The normalized spacial score (nSPS) is 11.9. The molecule has 7 heteroatoms. The van der Waals surface area contributed by atoms with Gasteiger partial charge < -0.3 is 0 Å². The molecular formula is C7H2Cl2F4S. The third-order valence-electron chi connectivity index (χ3n) is 1.23. The smallest absolute Gasteiger partial charge is 0.205 e. The summed E-state index contributed by atoms with van der Waals surface area (Å²) < 4.78 is 48.4. The third kappa shape index (κ3) is 2.93. The first-order valence-electron chi connectivity index (χ1n) is 3.20. The lowest BCUT2D eigenvalue weighted by molar-refractivity contribution is -0.0328. The van der Waals surface area contributed by atoms with E-state index in [-0.39, 0.29) is 4.90 Å². The summed E-state index contributed by atoms with van der Waals surface area (Å²) in [6.45, 7) is 0. The van der Waals surface area contributed by atoms with E-state index < -0.39 is 33.1 Å². The second-order valence-electron chi connectivity index (χ2n) is 2.22. The average molecular weight is 265 g/mol. The Labute approximate surface area is 91.2 Å². The van der Waals surface area contributed by atoms with Gasteiger partial charge in [0.1, 0.15) is 5.82 Å². The lowest BCUT2D eigenvalue weighted by Crippen LogP contribution is -1.99. The van der Waals surface area contributed by atoms with Crippen LogP contribution in [0.5, 0.6) is 0 Å². The predicted octanol–water partition coefficient (Wildman–Crippen LogP) is 4.74. The van der Waals surface area contributed by atoms with E-state index in [1.165, 1.54) is 0 Å². The quantitative estimate of drug-likeness (QED) is 0.401. The second kappa shape index (κ2) is 4.16. The summed E-state index contributed by atoms with van der Waals surface area (Å²) in [5, 5.41) is -0.921. The Morgan fingerprint density at radius 2 is 1.64 bits per heavy atom. The first-order valence-corrected chi connectivity index (χ1v) is 4.78. The Morgan fingerprint density at radius 3 is 2.14 bits per heavy atom. The van der Waals surface area contributed by atoms with E-state index in [9.17, 15) is 17.6 Å². The Balaban J connectivity index is 3.06. The van der Waals surface area contributed by atoms with E-state index in [4.69, 9.17) is 23.2 Å². The minimum Gasteiger partial charge on any atom is -0.205 e. The van der Waals surface area contributed by atoms with Crippen molar-refractivity contribution in [3.05, 3.63) is 28.0 Å². The number of rotatable bonds is 1. The van der Waals surface area contributed by atoms with E-state index in [2.05, 4.69) is 0 Å². The maximum Gasteiger partial charge on any atom is 0.446 e. The molecule has 0 fully saturated rings. The zero-order valence-electron chi connectivity index (χ0n) is 6.33. The van der Waals surface area contributed by atoms with Crippen LogP contribution in [0.25, 0.3) is 0 Å². The SMILES string of the molecule is Fc1ccc(SC(F)(F)F)c(Cl)c1Cl. The highest BCUT2D eigenvalue weighted by atomic mass is 35.5. The van der Waals surface area contributed by atoms with Gasteiger partial charge in [0.2, 0.25) is 0 Å². The molecule has 0 atom stereocenters. The van der Waals surface area contributed by atoms with E-state index in [0.29, 0.717) is 0 Å². The molecule has 0 bridgehead atoms. The lowest BCUT2D eigenvalue weighted by Gasteiger charge is -2.08. The zero-order valence-corrected chi connectivity index (χ0v) is 8.66. The van der Waals surface area contributed by atoms with Crippen molar-refractivity contribution in [1.29, 1.82) is 0 Å². The Morgan fingerprint density at radius 1 is 1.07 bits per heavy atom. The fourth-order valence-corrected chi connectivity index (χ4v) is 1.78. The van der Waals surface area contributed by atoms with Crippen LogP contribution in [0.4, 0.5) is 17.6 Å². The first kappa shape index (κ1) is 11.9. The molecule has 0 radical (unpaired) electrons. The molecule has 14 heavy (non-hydrogen) atoms. The van der Waals surface area contributed by atoms with Crippen molar-refractivity contribution >= 4 is 35.0 Å². The van der Waals surface area contributed by atoms with Gasteiger partial charge in [-0.1, -0.05) is 23.2 Å². The van der Waals surface area contributed by atoms with Crippen LogP contribution in [0.15, 0.2) is 17.0 Å². The van der Waals surface area contributed by atoms with Gasteiger partial charge >= 0.3 is 5.51 Å². The minimum atomic E-state index is -4.47. The second-order valence-corrected chi connectivity index (χ2v) is 4.08. The minimum absolute atomic E-state index is 0.314. The van der Waals surface area contributed by atoms with E-state index >= 15 is 0 Å². The molecule has 0 N–H and O–H groups in total. The average Bonchev–Trinajstić information content (AvgIpc) is 2.04. The van der Waals surface area contributed by atoms with Gasteiger partial charge in [0, 0.05) is 4.90 Å². The molecule has 0 unspecified atom stereocenters. The van der Waals surface area contributed by atoms with Crippen molar-refractivity contribution in [2.45, 2.75) is 10.4 Å². The predicted molar refractivity (Wildman–Crippen MR) is 48.3 cm³/mol. The number of halogens is 6. The molecule has 0 aliphatic carbocycles. The largest absolute Gasteiger partial charge is 0.446 e. The van der Waals surface area contributed by atoms with Crippen molar-refractivity contribution in [2.24, 2.45) is 0 Å². The van der Waals surface area contributed by atoms with Crippen LogP contribution in [-0.4, -0.2) is 5.51 Å². The standard InChI is InChI=1S/C7H2Cl2F4S/c8-5-3(10)1-2-4(6(5)9)14-7(11,12)13/h1-2H. The number of thioether (sulfide) groups is 1. The Kier molecular flexibility index (Phi) is 3.55. The van der Waals surface area contributed by atoms with Gasteiger partial charge in [-0.05, 0) is 23.9 Å². The van der Waals surface area contributed by atoms with Crippen molar-refractivity contribution < 1.29 is 17.6 Å². The summed E-state index contributed by atoms with van der Waals surface area (Å²) in [5.74, 6) is -0.844. The first-order chi connectivity index (χ1) is 6.31. The van der Waals surface area contributed by atoms with E-state index in [1.807, 2.05) is 0 Å². The maximum absolute atomic E-state index is 12.7. The molecular weight excluding hydrogens is 263 g/mol. The molecule has 0 nitrogen and oxygen atoms in total. The summed E-state index contributed by atoms with van der Waals surface area (Å²) in [4.78, 5) is -0.314. The van der Waals surface area contributed by atoms with Crippen molar-refractivity contribution in [3.8, 4) is 0 Å². The molecule has 0 aromatic heterocycles. The van der Waals surface area contributed by atoms with Gasteiger partial charge in [-0.3, -0.25) is 0 Å². The Hall–Kier alpha value is -0.130. The van der Waals surface area contributed by atoms with Crippen LogP contribution in [0.3, 0.4) is 0 Å². The number of hydrogen-bond acceptors (Lipinski definition) is 1. The summed E-state index contributed by atoms with van der Waals surface area (Å²) in [6, 6.07) is 1.77. The monoisotopic (exact) mass is 264 g/mol. The van der Waals surface area contributed by atoms with Crippen LogP contribution in [0.2, 0.25) is 10.0 Å². The summed E-state index contributed by atoms with van der Waals surface area (Å²) >= 11 is 10.3. The molecule has 0 saturated heterocycles. The highest BCUT2D eigenvalue weighted by molar-refractivity contribution is 8.00. The van der Waals surface area contributed by atoms with Crippen molar-refractivity contribution in [1.82, 2.24) is 0 Å².